The molecule has 1 saturated heterocycles. The zero-order valence-corrected chi connectivity index (χ0v) is 12.7. The third kappa shape index (κ3) is 5.02. The molecule has 1 aliphatic rings. The number of methoxy groups -OCH3 is 1. The number of rotatable bonds is 7. The van der Waals surface area contributed by atoms with Gasteiger partial charge in [-0.2, -0.15) is 0 Å². The van der Waals surface area contributed by atoms with E-state index in [1.54, 1.807) is 7.11 Å². The molecule has 5 nitrogen and oxygen atoms in total. The lowest BCUT2D eigenvalue weighted by molar-refractivity contribution is -0.146. The minimum atomic E-state index is -0.538. The summed E-state index contributed by atoms with van der Waals surface area (Å²) in [5.41, 5.74) is 1.13. The van der Waals surface area contributed by atoms with Crippen molar-refractivity contribution in [3.8, 4) is 5.75 Å². The Hall–Kier alpha value is -1.59. The van der Waals surface area contributed by atoms with E-state index in [0.29, 0.717) is 32.6 Å². The van der Waals surface area contributed by atoms with Crippen LogP contribution >= 0.6 is 0 Å². The molecule has 0 atom stereocenters. The van der Waals surface area contributed by atoms with Crippen molar-refractivity contribution in [2.75, 3.05) is 26.9 Å². The first-order valence-corrected chi connectivity index (χ1v) is 7.29. The number of carbonyl (C=O) groups is 1. The van der Waals surface area contributed by atoms with Crippen molar-refractivity contribution in [3.05, 3.63) is 29.8 Å². The highest BCUT2D eigenvalue weighted by molar-refractivity contribution is 5.76. The molecule has 1 aromatic carbocycles. The highest BCUT2D eigenvalue weighted by atomic mass is 16.7. The fourth-order valence-electron chi connectivity index (χ4n) is 2.27. The Kier molecular flexibility index (Phi) is 5.59. The number of ether oxygens (including phenoxy) is 3. The molecular formula is C16H23NO4. The van der Waals surface area contributed by atoms with E-state index in [1.807, 2.05) is 31.2 Å². The number of hydrogen-bond acceptors (Lipinski definition) is 4. The number of benzene rings is 1. The normalized spacial score (nSPS) is 16.7. The summed E-state index contributed by atoms with van der Waals surface area (Å²) in [4.78, 5) is 11.8. The van der Waals surface area contributed by atoms with Gasteiger partial charge in [-0.1, -0.05) is 12.1 Å². The summed E-state index contributed by atoms with van der Waals surface area (Å²) in [5.74, 6) is 0.337. The second-order valence-electron chi connectivity index (χ2n) is 5.28. The Labute approximate surface area is 125 Å². The van der Waals surface area contributed by atoms with Gasteiger partial charge >= 0.3 is 0 Å². The summed E-state index contributed by atoms with van der Waals surface area (Å²) in [6, 6.07) is 7.77. The first-order valence-electron chi connectivity index (χ1n) is 7.29. The van der Waals surface area contributed by atoms with Crippen LogP contribution in [0.3, 0.4) is 0 Å². The zero-order chi connectivity index (χ0) is 15.1. The SMILES string of the molecule is COc1ccc(CCC(=O)NCCC2(C)OCCO2)cc1. The molecule has 5 heteroatoms. The van der Waals surface area contributed by atoms with Gasteiger partial charge in [-0.05, 0) is 31.0 Å². The molecule has 0 aromatic heterocycles. The Morgan fingerprint density at radius 1 is 1.29 bits per heavy atom. The van der Waals surface area contributed by atoms with Crippen molar-refractivity contribution in [1.82, 2.24) is 5.32 Å². The van der Waals surface area contributed by atoms with E-state index in [9.17, 15) is 4.79 Å². The molecule has 0 bridgehead atoms. The van der Waals surface area contributed by atoms with Gasteiger partial charge in [-0.3, -0.25) is 4.79 Å². The zero-order valence-electron chi connectivity index (χ0n) is 12.7. The smallest absolute Gasteiger partial charge is 0.220 e. The minimum absolute atomic E-state index is 0.0485. The van der Waals surface area contributed by atoms with Crippen LogP contribution < -0.4 is 10.1 Å². The lowest BCUT2D eigenvalue weighted by Crippen LogP contribution is -2.33. The largest absolute Gasteiger partial charge is 0.497 e. The van der Waals surface area contributed by atoms with Gasteiger partial charge in [0.25, 0.3) is 0 Å². The van der Waals surface area contributed by atoms with E-state index < -0.39 is 5.79 Å². The van der Waals surface area contributed by atoms with Gasteiger partial charge < -0.3 is 19.5 Å². The second kappa shape index (κ2) is 7.43. The molecular weight excluding hydrogens is 270 g/mol. The number of aryl methyl sites for hydroxylation is 1. The summed E-state index contributed by atoms with van der Waals surface area (Å²) in [5, 5.41) is 2.90. The first kappa shape index (κ1) is 15.8. The maximum absolute atomic E-state index is 11.8. The van der Waals surface area contributed by atoms with E-state index in [1.165, 1.54) is 0 Å². The molecule has 1 aromatic rings. The van der Waals surface area contributed by atoms with Crippen molar-refractivity contribution in [2.24, 2.45) is 0 Å². The van der Waals surface area contributed by atoms with Crippen LogP contribution in [-0.2, 0) is 20.7 Å². The van der Waals surface area contributed by atoms with Crippen LogP contribution in [0.5, 0.6) is 5.75 Å². The van der Waals surface area contributed by atoms with Crippen LogP contribution in [0.25, 0.3) is 0 Å². The van der Waals surface area contributed by atoms with Gasteiger partial charge in [0.1, 0.15) is 5.75 Å². The Morgan fingerprint density at radius 3 is 2.57 bits per heavy atom. The molecule has 1 N–H and O–H groups in total. The standard InChI is InChI=1S/C16H23NO4/c1-16(20-11-12-21-16)9-10-17-15(18)8-5-13-3-6-14(19-2)7-4-13/h3-4,6-7H,5,8-12H2,1-2H3,(H,17,18). The summed E-state index contributed by atoms with van der Waals surface area (Å²) in [6.45, 7) is 3.73. The third-order valence-corrected chi connectivity index (χ3v) is 3.60. The molecule has 21 heavy (non-hydrogen) atoms. The van der Waals surface area contributed by atoms with Crippen molar-refractivity contribution >= 4 is 5.91 Å². The highest BCUT2D eigenvalue weighted by Crippen LogP contribution is 2.21. The Bertz CT molecular complexity index is 452. The number of carbonyl (C=O) groups excluding carboxylic acids is 1. The van der Waals surface area contributed by atoms with E-state index in [0.717, 1.165) is 17.7 Å². The van der Waals surface area contributed by atoms with Crippen molar-refractivity contribution in [1.29, 1.82) is 0 Å². The molecule has 116 valence electrons. The molecule has 2 rings (SSSR count). The maximum Gasteiger partial charge on any atom is 0.220 e. The van der Waals surface area contributed by atoms with Gasteiger partial charge in [0.2, 0.25) is 5.91 Å². The molecule has 0 saturated carbocycles. The number of amides is 1. The molecule has 1 amide bonds. The van der Waals surface area contributed by atoms with Gasteiger partial charge in [-0.25, -0.2) is 0 Å². The molecule has 0 radical (unpaired) electrons. The van der Waals surface area contributed by atoms with Crippen molar-refractivity contribution in [3.63, 3.8) is 0 Å². The van der Waals surface area contributed by atoms with Crippen molar-refractivity contribution in [2.45, 2.75) is 32.0 Å². The van der Waals surface area contributed by atoms with E-state index in [4.69, 9.17) is 14.2 Å². The molecule has 1 fully saturated rings. The van der Waals surface area contributed by atoms with Crippen LogP contribution in [0.2, 0.25) is 0 Å². The second-order valence-corrected chi connectivity index (χ2v) is 5.28. The average Bonchev–Trinajstić information content (AvgIpc) is 2.92. The fourth-order valence-corrected chi connectivity index (χ4v) is 2.27. The molecule has 0 spiro atoms. The molecule has 0 unspecified atom stereocenters. The van der Waals surface area contributed by atoms with Gasteiger partial charge in [0.15, 0.2) is 5.79 Å². The topological polar surface area (TPSA) is 56.8 Å². The Balaban J connectivity index is 1.64. The minimum Gasteiger partial charge on any atom is -0.497 e. The summed E-state index contributed by atoms with van der Waals surface area (Å²) >= 11 is 0. The average molecular weight is 293 g/mol. The van der Waals surface area contributed by atoms with E-state index in [2.05, 4.69) is 5.32 Å². The summed E-state index contributed by atoms with van der Waals surface area (Å²) in [6.07, 6.45) is 1.87. The Morgan fingerprint density at radius 2 is 1.95 bits per heavy atom. The summed E-state index contributed by atoms with van der Waals surface area (Å²) < 4.78 is 16.1. The molecule has 1 heterocycles. The number of hydrogen-bond donors (Lipinski definition) is 1. The monoisotopic (exact) mass is 293 g/mol. The van der Waals surface area contributed by atoms with E-state index >= 15 is 0 Å². The maximum atomic E-state index is 11.8. The quantitative estimate of drug-likeness (QED) is 0.834. The molecule has 1 aliphatic heterocycles. The number of nitrogens with one attached hydrogen (secondary N) is 1. The predicted octanol–water partition coefficient (Wildman–Crippen LogP) is 1.90. The lowest BCUT2D eigenvalue weighted by atomic mass is 10.1. The predicted molar refractivity (Wildman–Crippen MR) is 79.3 cm³/mol. The van der Waals surface area contributed by atoms with Crippen LogP contribution in [-0.4, -0.2) is 38.6 Å². The highest BCUT2D eigenvalue weighted by Gasteiger charge is 2.30. The van der Waals surface area contributed by atoms with Crippen molar-refractivity contribution < 1.29 is 19.0 Å². The fraction of sp³-hybridized carbons (Fsp3) is 0.562. The lowest BCUT2D eigenvalue weighted by Gasteiger charge is -2.22. The summed E-state index contributed by atoms with van der Waals surface area (Å²) in [7, 11) is 1.64. The molecule has 0 aliphatic carbocycles. The van der Waals surface area contributed by atoms with Gasteiger partial charge in [-0.15, -0.1) is 0 Å². The van der Waals surface area contributed by atoms with Crippen LogP contribution in [0.4, 0.5) is 0 Å². The van der Waals surface area contributed by atoms with Gasteiger partial charge in [0.05, 0.1) is 20.3 Å². The third-order valence-electron chi connectivity index (χ3n) is 3.60. The first-order chi connectivity index (χ1) is 10.1. The van der Waals surface area contributed by atoms with Gasteiger partial charge in [0, 0.05) is 19.4 Å². The van der Waals surface area contributed by atoms with Crippen LogP contribution in [0.15, 0.2) is 24.3 Å². The van der Waals surface area contributed by atoms with Crippen LogP contribution in [0.1, 0.15) is 25.3 Å². The van der Waals surface area contributed by atoms with E-state index in [-0.39, 0.29) is 5.91 Å². The van der Waals surface area contributed by atoms with Crippen LogP contribution in [0, 0.1) is 0 Å².